The van der Waals surface area contributed by atoms with Crippen molar-refractivity contribution in [3.05, 3.63) is 6.42 Å². The second-order valence-corrected chi connectivity index (χ2v) is 2.26. The monoisotopic (exact) mass is 99.1 g/mol. The van der Waals surface area contributed by atoms with Crippen molar-refractivity contribution < 1.29 is 5.11 Å². The zero-order chi connectivity index (χ0) is 5.28. The van der Waals surface area contributed by atoms with Gasteiger partial charge in [0.2, 0.25) is 0 Å². The molecule has 0 aliphatic heterocycles. The van der Waals surface area contributed by atoms with Crippen LogP contribution < -0.4 is 0 Å². The van der Waals surface area contributed by atoms with E-state index in [2.05, 4.69) is 6.42 Å². The van der Waals surface area contributed by atoms with Crippen LogP contribution in [-0.4, -0.2) is 11.2 Å². The highest BCUT2D eigenvalue weighted by molar-refractivity contribution is 4.87. The van der Waals surface area contributed by atoms with Crippen molar-refractivity contribution in [1.29, 1.82) is 0 Å². The molecule has 41 valence electrons. The molecule has 1 nitrogen and oxygen atoms in total. The zero-order valence-electron chi connectivity index (χ0n) is 4.59. The second kappa shape index (κ2) is 1.83. The Hall–Kier alpha value is -0.0400. The van der Waals surface area contributed by atoms with Gasteiger partial charge in [-0.1, -0.05) is 0 Å². The molecule has 0 heterocycles. The van der Waals surface area contributed by atoms with E-state index in [0.717, 1.165) is 12.8 Å². The van der Waals surface area contributed by atoms with E-state index in [9.17, 15) is 0 Å². The maximum absolute atomic E-state index is 8.85. The minimum absolute atomic E-state index is 0.0787. The minimum atomic E-state index is -0.0787. The van der Waals surface area contributed by atoms with E-state index < -0.39 is 0 Å². The molecule has 1 radical (unpaired) electrons. The van der Waals surface area contributed by atoms with E-state index in [4.69, 9.17) is 5.11 Å². The van der Waals surface area contributed by atoms with Gasteiger partial charge in [-0.3, -0.25) is 0 Å². The topological polar surface area (TPSA) is 20.2 Å². The molecule has 0 amide bonds. The Labute approximate surface area is 44.4 Å². The number of aliphatic hydroxyl groups is 1. The molecule has 1 aliphatic rings. The highest BCUT2D eigenvalue weighted by atomic mass is 16.3. The van der Waals surface area contributed by atoms with Gasteiger partial charge in [-0.25, -0.2) is 0 Å². The molecule has 1 aliphatic carbocycles. The third-order valence-electron chi connectivity index (χ3n) is 1.62. The summed E-state index contributed by atoms with van der Waals surface area (Å²) < 4.78 is 0. The van der Waals surface area contributed by atoms with Gasteiger partial charge in [-0.05, 0) is 32.1 Å². The van der Waals surface area contributed by atoms with E-state index in [1.54, 1.807) is 0 Å². The van der Waals surface area contributed by atoms with Crippen molar-refractivity contribution in [2.24, 2.45) is 5.92 Å². The Morgan fingerprint density at radius 3 is 2.29 bits per heavy atom. The lowest BCUT2D eigenvalue weighted by molar-refractivity contribution is 0.101. The quantitative estimate of drug-likeness (QED) is 0.519. The molecule has 1 unspecified atom stereocenters. The highest BCUT2D eigenvalue weighted by Crippen LogP contribution is 2.27. The molecule has 1 fully saturated rings. The SMILES string of the molecule is CC(O)C1C[CH]C1. The lowest BCUT2D eigenvalue weighted by Gasteiger charge is -2.27. The molecular weight excluding hydrogens is 88.1 g/mol. The van der Waals surface area contributed by atoms with Gasteiger partial charge in [-0.2, -0.15) is 0 Å². The van der Waals surface area contributed by atoms with Gasteiger partial charge in [0.05, 0.1) is 6.10 Å². The maximum Gasteiger partial charge on any atom is 0.0540 e. The van der Waals surface area contributed by atoms with Gasteiger partial charge in [0.25, 0.3) is 0 Å². The summed E-state index contributed by atoms with van der Waals surface area (Å²) >= 11 is 0. The first-order chi connectivity index (χ1) is 3.30. The second-order valence-electron chi connectivity index (χ2n) is 2.26. The Kier molecular flexibility index (Phi) is 1.33. The normalized spacial score (nSPS) is 26.6. The Bertz CT molecular complexity index is 55.2. The first-order valence-corrected chi connectivity index (χ1v) is 2.80. The molecule has 0 saturated heterocycles. The van der Waals surface area contributed by atoms with Crippen LogP contribution in [0.15, 0.2) is 0 Å². The smallest absolute Gasteiger partial charge is 0.0540 e. The van der Waals surface area contributed by atoms with E-state index in [1.807, 2.05) is 6.92 Å². The summed E-state index contributed by atoms with van der Waals surface area (Å²) in [6.07, 6.45) is 4.37. The zero-order valence-corrected chi connectivity index (χ0v) is 4.59. The van der Waals surface area contributed by atoms with Gasteiger partial charge < -0.3 is 5.11 Å². The van der Waals surface area contributed by atoms with E-state index in [0.29, 0.717) is 5.92 Å². The first-order valence-electron chi connectivity index (χ1n) is 2.80. The Balaban J connectivity index is 2.14. The fraction of sp³-hybridized carbons (Fsp3) is 0.833. The van der Waals surface area contributed by atoms with Crippen molar-refractivity contribution in [2.45, 2.75) is 25.9 Å². The van der Waals surface area contributed by atoms with Gasteiger partial charge in [0.1, 0.15) is 0 Å². The number of aliphatic hydroxyl groups excluding tert-OH is 1. The summed E-state index contributed by atoms with van der Waals surface area (Å²) in [5.41, 5.74) is 0. The average molecular weight is 99.2 g/mol. The summed E-state index contributed by atoms with van der Waals surface area (Å²) in [5, 5.41) is 8.85. The minimum Gasteiger partial charge on any atom is -0.393 e. The van der Waals surface area contributed by atoms with E-state index in [-0.39, 0.29) is 6.10 Å². The van der Waals surface area contributed by atoms with Crippen molar-refractivity contribution in [3.63, 3.8) is 0 Å². The molecular formula is C6H11O. The molecule has 1 saturated carbocycles. The largest absolute Gasteiger partial charge is 0.393 e. The van der Waals surface area contributed by atoms with Crippen molar-refractivity contribution in [3.8, 4) is 0 Å². The molecule has 0 spiro atoms. The third kappa shape index (κ3) is 0.942. The summed E-state index contributed by atoms with van der Waals surface area (Å²) in [6.45, 7) is 1.86. The highest BCUT2D eigenvalue weighted by Gasteiger charge is 2.21. The molecule has 0 aromatic carbocycles. The Morgan fingerprint density at radius 1 is 1.71 bits per heavy atom. The molecule has 1 heteroatoms. The first kappa shape index (κ1) is 5.10. The van der Waals surface area contributed by atoms with Crippen LogP contribution in [-0.2, 0) is 0 Å². The summed E-state index contributed by atoms with van der Waals surface area (Å²) in [7, 11) is 0. The molecule has 1 rings (SSSR count). The molecule has 1 N–H and O–H groups in total. The fourth-order valence-electron chi connectivity index (χ4n) is 0.753. The van der Waals surface area contributed by atoms with Crippen LogP contribution in [0.25, 0.3) is 0 Å². The van der Waals surface area contributed by atoms with Crippen molar-refractivity contribution in [1.82, 2.24) is 0 Å². The van der Waals surface area contributed by atoms with Crippen LogP contribution in [0.5, 0.6) is 0 Å². The maximum atomic E-state index is 8.85. The number of hydrogen-bond donors (Lipinski definition) is 1. The predicted molar refractivity (Wildman–Crippen MR) is 28.7 cm³/mol. The summed E-state index contributed by atoms with van der Waals surface area (Å²) in [5.74, 6) is 0.583. The van der Waals surface area contributed by atoms with E-state index in [1.165, 1.54) is 0 Å². The van der Waals surface area contributed by atoms with Crippen LogP contribution in [0.4, 0.5) is 0 Å². The Morgan fingerprint density at radius 2 is 2.29 bits per heavy atom. The van der Waals surface area contributed by atoms with Gasteiger partial charge in [0, 0.05) is 0 Å². The van der Waals surface area contributed by atoms with Crippen molar-refractivity contribution >= 4 is 0 Å². The van der Waals surface area contributed by atoms with Gasteiger partial charge in [-0.15, -0.1) is 0 Å². The van der Waals surface area contributed by atoms with Crippen LogP contribution in [0.3, 0.4) is 0 Å². The molecule has 0 aromatic heterocycles. The van der Waals surface area contributed by atoms with Gasteiger partial charge >= 0.3 is 0 Å². The lowest BCUT2D eigenvalue weighted by Crippen LogP contribution is -2.23. The lowest BCUT2D eigenvalue weighted by atomic mass is 9.82. The summed E-state index contributed by atoms with van der Waals surface area (Å²) in [6, 6.07) is 0. The fourth-order valence-corrected chi connectivity index (χ4v) is 0.753. The molecule has 0 aromatic rings. The number of hydrogen-bond acceptors (Lipinski definition) is 1. The molecule has 1 atom stereocenters. The van der Waals surface area contributed by atoms with Gasteiger partial charge in [0.15, 0.2) is 0 Å². The van der Waals surface area contributed by atoms with Crippen LogP contribution in [0, 0.1) is 12.3 Å². The van der Waals surface area contributed by atoms with Crippen molar-refractivity contribution in [2.75, 3.05) is 0 Å². The van der Waals surface area contributed by atoms with Crippen LogP contribution in [0.1, 0.15) is 19.8 Å². The summed E-state index contributed by atoms with van der Waals surface area (Å²) in [4.78, 5) is 0. The molecule has 7 heavy (non-hydrogen) atoms. The van der Waals surface area contributed by atoms with E-state index >= 15 is 0 Å². The average Bonchev–Trinajstić information content (AvgIpc) is 1.23. The standard InChI is InChI=1S/C6H11O/c1-5(7)6-3-2-4-6/h2,5-7H,3-4H2,1H3. The number of rotatable bonds is 1. The van der Waals surface area contributed by atoms with Crippen LogP contribution in [0.2, 0.25) is 0 Å². The third-order valence-corrected chi connectivity index (χ3v) is 1.62. The molecule has 0 bridgehead atoms. The predicted octanol–water partition coefficient (Wildman–Crippen LogP) is 0.981. The van der Waals surface area contributed by atoms with Crippen LogP contribution >= 0.6 is 0 Å².